The van der Waals surface area contributed by atoms with Gasteiger partial charge in [-0.05, 0) is 97.9 Å². The fourth-order valence-electron chi connectivity index (χ4n) is 5.32. The minimum absolute atomic E-state index is 0.0842. The second kappa shape index (κ2) is 20.3. The Morgan fingerprint density at radius 1 is 0.562 bits per heavy atom. The molecule has 4 N–H and O–H groups in total. The van der Waals surface area contributed by atoms with Crippen LogP contribution in [0.4, 0.5) is 21.0 Å². The lowest BCUT2D eigenvalue weighted by Crippen LogP contribution is -2.17. The Labute approximate surface area is 283 Å². The number of benzene rings is 4. The molecule has 8 heteroatoms. The Kier molecular flexibility index (Phi) is 15.2. The summed E-state index contributed by atoms with van der Waals surface area (Å²) in [6, 6.07) is 34.1. The summed E-state index contributed by atoms with van der Waals surface area (Å²) in [4.78, 5) is 25.4. The summed E-state index contributed by atoms with van der Waals surface area (Å²) in [7, 11) is 0. The van der Waals surface area contributed by atoms with E-state index in [9.17, 15) is 19.8 Å². The van der Waals surface area contributed by atoms with E-state index in [1.807, 2.05) is 109 Å². The number of allylic oxidation sites excluding steroid dienone is 2. The third-order valence-electron chi connectivity index (χ3n) is 7.88. The SMILES string of the molecule is O=C(Nc1ccccc1)OC(CCC/C=C/CCCC(OC(=O)Nc1ccccc1)c1ccc(CCO)cc1)c1ccc(CCO)cc1. The van der Waals surface area contributed by atoms with Crippen LogP contribution in [-0.2, 0) is 22.3 Å². The number of carbonyl (C=O) groups is 2. The number of aliphatic hydroxyl groups is 2. The Morgan fingerprint density at radius 2 is 0.938 bits per heavy atom. The van der Waals surface area contributed by atoms with Crippen LogP contribution in [0.3, 0.4) is 0 Å². The van der Waals surface area contributed by atoms with Crippen LogP contribution in [0.1, 0.15) is 73.0 Å². The van der Waals surface area contributed by atoms with Crippen LogP contribution in [0.15, 0.2) is 121 Å². The monoisotopic (exact) mass is 650 g/mol. The first-order chi connectivity index (χ1) is 23.5. The van der Waals surface area contributed by atoms with Gasteiger partial charge in [0.25, 0.3) is 0 Å². The van der Waals surface area contributed by atoms with E-state index in [0.29, 0.717) is 37.1 Å². The molecule has 2 unspecified atom stereocenters. The number of hydrogen-bond donors (Lipinski definition) is 4. The van der Waals surface area contributed by atoms with E-state index in [1.54, 1.807) is 0 Å². The normalized spacial score (nSPS) is 12.3. The standard InChI is InChI=1S/C40H46N2O6/c43-29-27-31-19-23-33(24-20-31)37(47-39(45)41-35-13-7-5-8-14-35)17-11-3-1-2-4-12-18-38(34-25-21-32(22-26-34)28-30-44)48-40(46)42-36-15-9-6-10-16-36/h1-2,5-10,13-16,19-26,37-38,43-44H,3-4,11-12,17-18,27-30H2,(H,41,45)(H,42,46)/b2-1+. The third kappa shape index (κ3) is 12.7. The van der Waals surface area contributed by atoms with Crippen LogP contribution in [0, 0.1) is 0 Å². The number of hydrogen-bond acceptors (Lipinski definition) is 6. The van der Waals surface area contributed by atoms with Crippen molar-refractivity contribution in [3.05, 3.63) is 144 Å². The van der Waals surface area contributed by atoms with Crippen molar-refractivity contribution in [1.82, 2.24) is 0 Å². The van der Waals surface area contributed by atoms with Crippen LogP contribution >= 0.6 is 0 Å². The molecule has 0 aromatic heterocycles. The molecule has 0 saturated carbocycles. The molecule has 0 aliphatic heterocycles. The summed E-state index contributed by atoms with van der Waals surface area (Å²) >= 11 is 0. The number of anilines is 2. The molecule has 2 atom stereocenters. The fourth-order valence-corrected chi connectivity index (χ4v) is 5.32. The van der Waals surface area contributed by atoms with Gasteiger partial charge in [-0.2, -0.15) is 0 Å². The maximum Gasteiger partial charge on any atom is 0.412 e. The summed E-state index contributed by atoms with van der Waals surface area (Å²) < 4.78 is 11.7. The molecular formula is C40H46N2O6. The van der Waals surface area contributed by atoms with Gasteiger partial charge in [0.1, 0.15) is 12.2 Å². The molecule has 4 aromatic carbocycles. The first kappa shape index (κ1) is 35.9. The summed E-state index contributed by atoms with van der Waals surface area (Å²) in [5, 5.41) is 24.1. The second-order valence-electron chi connectivity index (χ2n) is 11.5. The molecule has 0 fully saturated rings. The average molecular weight is 651 g/mol. The summed E-state index contributed by atoms with van der Waals surface area (Å²) in [6.45, 7) is 0.168. The van der Waals surface area contributed by atoms with Gasteiger partial charge in [-0.3, -0.25) is 10.6 Å². The van der Waals surface area contributed by atoms with Gasteiger partial charge in [0, 0.05) is 24.6 Å². The minimum atomic E-state index is -0.501. The highest BCUT2D eigenvalue weighted by Crippen LogP contribution is 2.27. The molecule has 0 bridgehead atoms. The zero-order chi connectivity index (χ0) is 33.8. The number of aliphatic hydroxyl groups excluding tert-OH is 2. The lowest BCUT2D eigenvalue weighted by molar-refractivity contribution is 0.103. The second-order valence-corrected chi connectivity index (χ2v) is 11.5. The predicted octanol–water partition coefficient (Wildman–Crippen LogP) is 8.93. The third-order valence-corrected chi connectivity index (χ3v) is 7.88. The minimum Gasteiger partial charge on any atom is -0.441 e. The summed E-state index contributed by atoms with van der Waals surface area (Å²) in [5.74, 6) is 0. The van der Waals surface area contributed by atoms with Gasteiger partial charge in [-0.25, -0.2) is 9.59 Å². The number of para-hydroxylation sites is 2. The molecule has 4 rings (SSSR count). The lowest BCUT2D eigenvalue weighted by atomic mass is 10.0. The van der Waals surface area contributed by atoms with Crippen LogP contribution in [0.2, 0.25) is 0 Å². The van der Waals surface area contributed by atoms with Crippen LogP contribution in [0.5, 0.6) is 0 Å². The molecule has 8 nitrogen and oxygen atoms in total. The number of rotatable bonds is 18. The highest BCUT2D eigenvalue weighted by molar-refractivity contribution is 5.85. The van der Waals surface area contributed by atoms with Crippen molar-refractivity contribution in [2.45, 2.75) is 63.6 Å². The first-order valence-electron chi connectivity index (χ1n) is 16.6. The smallest absolute Gasteiger partial charge is 0.412 e. The van der Waals surface area contributed by atoms with Crippen molar-refractivity contribution < 1.29 is 29.3 Å². The van der Waals surface area contributed by atoms with Gasteiger partial charge < -0.3 is 19.7 Å². The van der Waals surface area contributed by atoms with Crippen molar-refractivity contribution in [2.75, 3.05) is 23.8 Å². The summed E-state index contributed by atoms with van der Waals surface area (Å²) in [6.07, 6.45) is 8.25. The van der Waals surface area contributed by atoms with Crippen molar-refractivity contribution in [3.63, 3.8) is 0 Å². The van der Waals surface area contributed by atoms with Crippen LogP contribution in [0.25, 0.3) is 0 Å². The maximum absolute atomic E-state index is 12.7. The van der Waals surface area contributed by atoms with Gasteiger partial charge in [0.2, 0.25) is 0 Å². The quantitative estimate of drug-likeness (QED) is 0.0631. The highest BCUT2D eigenvalue weighted by atomic mass is 16.6. The van der Waals surface area contributed by atoms with Gasteiger partial charge in [-0.1, -0.05) is 97.1 Å². The lowest BCUT2D eigenvalue weighted by Gasteiger charge is -2.19. The van der Waals surface area contributed by atoms with E-state index in [4.69, 9.17) is 9.47 Å². The largest absolute Gasteiger partial charge is 0.441 e. The number of ether oxygens (including phenoxy) is 2. The predicted molar refractivity (Wildman–Crippen MR) is 190 cm³/mol. The average Bonchev–Trinajstić information content (AvgIpc) is 3.10. The van der Waals surface area contributed by atoms with E-state index in [2.05, 4.69) is 22.8 Å². The molecular weight excluding hydrogens is 604 g/mol. The Hall–Kier alpha value is -4.92. The molecule has 48 heavy (non-hydrogen) atoms. The molecule has 0 aliphatic carbocycles. The van der Waals surface area contributed by atoms with Gasteiger partial charge in [-0.15, -0.1) is 0 Å². The number of unbranched alkanes of at least 4 members (excludes halogenated alkanes) is 2. The van der Waals surface area contributed by atoms with Gasteiger partial charge in [0.05, 0.1) is 0 Å². The topological polar surface area (TPSA) is 117 Å². The Bertz CT molecular complexity index is 1410. The van der Waals surface area contributed by atoms with E-state index >= 15 is 0 Å². The van der Waals surface area contributed by atoms with E-state index in [1.165, 1.54) is 0 Å². The maximum atomic E-state index is 12.7. The van der Waals surface area contributed by atoms with Crippen LogP contribution < -0.4 is 10.6 Å². The number of nitrogens with one attached hydrogen (secondary N) is 2. The van der Waals surface area contributed by atoms with Crippen LogP contribution in [-0.4, -0.2) is 35.6 Å². The number of amides is 2. The zero-order valence-electron chi connectivity index (χ0n) is 27.3. The van der Waals surface area contributed by atoms with Crippen molar-refractivity contribution in [3.8, 4) is 0 Å². The molecule has 0 spiro atoms. The fraction of sp³-hybridized carbons (Fsp3) is 0.300. The number of carbonyl (C=O) groups excluding carboxylic acids is 2. The van der Waals surface area contributed by atoms with Gasteiger partial charge in [0.15, 0.2) is 0 Å². The van der Waals surface area contributed by atoms with Crippen molar-refractivity contribution in [1.29, 1.82) is 0 Å². The molecule has 252 valence electrons. The molecule has 2 amide bonds. The molecule has 4 aromatic rings. The Balaban J connectivity index is 1.27. The van der Waals surface area contributed by atoms with Gasteiger partial charge >= 0.3 is 12.2 Å². The van der Waals surface area contributed by atoms with E-state index in [-0.39, 0.29) is 13.2 Å². The molecule has 0 saturated heterocycles. The van der Waals surface area contributed by atoms with E-state index in [0.717, 1.165) is 47.9 Å². The first-order valence-corrected chi connectivity index (χ1v) is 16.6. The van der Waals surface area contributed by atoms with Crippen molar-refractivity contribution in [2.24, 2.45) is 0 Å². The Morgan fingerprint density at radius 3 is 1.29 bits per heavy atom. The van der Waals surface area contributed by atoms with E-state index < -0.39 is 24.4 Å². The summed E-state index contributed by atoms with van der Waals surface area (Å²) in [5.41, 5.74) is 5.22. The zero-order valence-corrected chi connectivity index (χ0v) is 27.3. The molecule has 0 heterocycles. The molecule has 0 radical (unpaired) electrons. The van der Waals surface area contributed by atoms with Crippen molar-refractivity contribution >= 4 is 23.6 Å². The molecule has 0 aliphatic rings. The highest BCUT2D eigenvalue weighted by Gasteiger charge is 2.18.